The van der Waals surface area contributed by atoms with Crippen LogP contribution in [0.5, 0.6) is 0 Å². The second kappa shape index (κ2) is 7.70. The van der Waals surface area contributed by atoms with E-state index in [1.807, 2.05) is 12.3 Å². The van der Waals surface area contributed by atoms with Gasteiger partial charge in [0.1, 0.15) is 5.82 Å². The molecule has 0 aromatic carbocycles. The summed E-state index contributed by atoms with van der Waals surface area (Å²) in [5.41, 5.74) is 1.08. The zero-order chi connectivity index (χ0) is 17.1. The number of anilines is 1. The summed E-state index contributed by atoms with van der Waals surface area (Å²) >= 11 is 0. The number of nitrogens with zero attached hydrogens (tertiary/aromatic N) is 2. The molecule has 25 heavy (non-hydrogen) atoms. The summed E-state index contributed by atoms with van der Waals surface area (Å²) in [6.45, 7) is 3.71. The van der Waals surface area contributed by atoms with Crippen molar-refractivity contribution >= 4 is 11.7 Å². The van der Waals surface area contributed by atoms with E-state index >= 15 is 0 Å². The smallest absolute Gasteiger partial charge is 0.237 e. The summed E-state index contributed by atoms with van der Waals surface area (Å²) in [7, 11) is 0. The maximum atomic E-state index is 12.6. The van der Waals surface area contributed by atoms with Gasteiger partial charge in [-0.1, -0.05) is 18.9 Å². The minimum atomic E-state index is -0.0309. The molecule has 3 atom stereocenters. The van der Waals surface area contributed by atoms with Crippen LogP contribution in [0.15, 0.2) is 18.3 Å². The zero-order valence-corrected chi connectivity index (χ0v) is 14.7. The Bertz CT molecular complexity index is 589. The van der Waals surface area contributed by atoms with E-state index in [1.54, 1.807) is 0 Å². The first kappa shape index (κ1) is 16.8. The average molecular weight is 344 g/mol. The summed E-state index contributed by atoms with van der Waals surface area (Å²) in [6.07, 6.45) is 7.90. The lowest BCUT2D eigenvalue weighted by molar-refractivity contribution is -0.123. The highest BCUT2D eigenvalue weighted by atomic mass is 16.5. The molecule has 3 unspecified atom stereocenters. The standard InChI is InChI=1S/C19H28N4O2/c24-19(17-12-14-4-1-2-6-16(14)22-17)21-13-15-5-3-7-20-18(15)23-8-10-25-11-9-23/h3,5,7,14,16-17,22H,1-2,4,6,8-13H2,(H,21,24). The highest BCUT2D eigenvalue weighted by molar-refractivity contribution is 5.82. The van der Waals surface area contributed by atoms with Gasteiger partial charge in [0.25, 0.3) is 0 Å². The quantitative estimate of drug-likeness (QED) is 0.866. The van der Waals surface area contributed by atoms with E-state index in [1.165, 1.54) is 25.7 Å². The molecular formula is C19H28N4O2. The van der Waals surface area contributed by atoms with Crippen LogP contribution in [-0.4, -0.2) is 49.3 Å². The zero-order valence-electron chi connectivity index (χ0n) is 14.7. The van der Waals surface area contributed by atoms with E-state index < -0.39 is 0 Å². The molecule has 2 aliphatic heterocycles. The molecule has 3 fully saturated rings. The maximum Gasteiger partial charge on any atom is 0.237 e. The van der Waals surface area contributed by atoms with Crippen molar-refractivity contribution in [2.24, 2.45) is 5.92 Å². The lowest BCUT2D eigenvalue weighted by atomic mass is 9.85. The third-order valence-electron chi connectivity index (χ3n) is 5.81. The molecule has 1 aliphatic carbocycles. The molecule has 4 rings (SSSR count). The Morgan fingerprint density at radius 2 is 2.16 bits per heavy atom. The lowest BCUT2D eigenvalue weighted by Gasteiger charge is -2.29. The monoisotopic (exact) mass is 344 g/mol. The van der Waals surface area contributed by atoms with E-state index in [-0.39, 0.29) is 11.9 Å². The van der Waals surface area contributed by atoms with Gasteiger partial charge in [0.05, 0.1) is 19.3 Å². The van der Waals surface area contributed by atoms with Crippen LogP contribution >= 0.6 is 0 Å². The molecule has 3 aliphatic rings. The van der Waals surface area contributed by atoms with Crippen LogP contribution in [-0.2, 0) is 16.1 Å². The number of rotatable bonds is 4. The predicted octanol–water partition coefficient (Wildman–Crippen LogP) is 1.46. The van der Waals surface area contributed by atoms with Crippen LogP contribution < -0.4 is 15.5 Å². The number of morpholine rings is 1. The molecule has 2 N–H and O–H groups in total. The molecular weight excluding hydrogens is 316 g/mol. The largest absolute Gasteiger partial charge is 0.378 e. The molecule has 0 spiro atoms. The fourth-order valence-electron chi connectivity index (χ4n) is 4.45. The van der Waals surface area contributed by atoms with Crippen LogP contribution in [0.4, 0.5) is 5.82 Å². The Kier molecular flexibility index (Phi) is 5.17. The minimum Gasteiger partial charge on any atom is -0.378 e. The van der Waals surface area contributed by atoms with Crippen molar-refractivity contribution in [3.8, 4) is 0 Å². The third kappa shape index (κ3) is 3.80. The van der Waals surface area contributed by atoms with Crippen molar-refractivity contribution in [3.63, 3.8) is 0 Å². The average Bonchev–Trinajstić information content (AvgIpc) is 3.11. The first-order chi connectivity index (χ1) is 12.3. The first-order valence-corrected chi connectivity index (χ1v) is 9.61. The summed E-state index contributed by atoms with van der Waals surface area (Å²) < 4.78 is 5.43. The SMILES string of the molecule is O=C(NCc1cccnc1N1CCOCC1)C1CC2CCCCC2N1. The van der Waals surface area contributed by atoms with Gasteiger partial charge < -0.3 is 20.3 Å². The Labute approximate surface area is 149 Å². The van der Waals surface area contributed by atoms with E-state index in [0.717, 1.165) is 44.1 Å². The summed E-state index contributed by atoms with van der Waals surface area (Å²) in [4.78, 5) is 19.4. The number of carbonyl (C=O) groups excluding carboxylic acids is 1. The number of fused-ring (bicyclic) bond motifs is 1. The lowest BCUT2D eigenvalue weighted by Crippen LogP contribution is -2.43. The van der Waals surface area contributed by atoms with Gasteiger partial charge in [-0.2, -0.15) is 0 Å². The Morgan fingerprint density at radius 1 is 1.32 bits per heavy atom. The number of amides is 1. The van der Waals surface area contributed by atoms with Gasteiger partial charge >= 0.3 is 0 Å². The summed E-state index contributed by atoms with van der Waals surface area (Å²) in [5, 5.41) is 6.68. The molecule has 1 aromatic rings. The van der Waals surface area contributed by atoms with Crippen molar-refractivity contribution in [1.29, 1.82) is 0 Å². The van der Waals surface area contributed by atoms with Crippen molar-refractivity contribution < 1.29 is 9.53 Å². The van der Waals surface area contributed by atoms with Gasteiger partial charge in [-0.05, 0) is 31.2 Å². The van der Waals surface area contributed by atoms with Crippen LogP contribution in [0.3, 0.4) is 0 Å². The van der Waals surface area contributed by atoms with E-state index in [9.17, 15) is 4.79 Å². The highest BCUT2D eigenvalue weighted by Gasteiger charge is 2.38. The van der Waals surface area contributed by atoms with Crippen molar-refractivity contribution in [2.45, 2.75) is 50.7 Å². The Hall–Kier alpha value is -1.66. The van der Waals surface area contributed by atoms with Gasteiger partial charge in [-0.3, -0.25) is 4.79 Å². The number of hydrogen-bond acceptors (Lipinski definition) is 5. The van der Waals surface area contributed by atoms with Gasteiger partial charge in [-0.15, -0.1) is 0 Å². The number of carbonyl (C=O) groups is 1. The number of nitrogens with one attached hydrogen (secondary N) is 2. The molecule has 1 aromatic heterocycles. The summed E-state index contributed by atoms with van der Waals surface area (Å²) in [5.74, 6) is 1.79. The fourth-order valence-corrected chi connectivity index (χ4v) is 4.45. The Morgan fingerprint density at radius 3 is 3.00 bits per heavy atom. The molecule has 2 saturated heterocycles. The van der Waals surface area contributed by atoms with Gasteiger partial charge in [0, 0.05) is 37.4 Å². The van der Waals surface area contributed by atoms with Gasteiger partial charge in [-0.25, -0.2) is 4.98 Å². The highest BCUT2D eigenvalue weighted by Crippen LogP contribution is 2.33. The van der Waals surface area contributed by atoms with Crippen molar-refractivity contribution in [3.05, 3.63) is 23.9 Å². The molecule has 6 nitrogen and oxygen atoms in total. The van der Waals surface area contributed by atoms with Crippen LogP contribution in [0, 0.1) is 5.92 Å². The van der Waals surface area contributed by atoms with Crippen molar-refractivity contribution in [2.75, 3.05) is 31.2 Å². The van der Waals surface area contributed by atoms with Crippen LogP contribution in [0.1, 0.15) is 37.7 Å². The molecule has 3 heterocycles. The number of aromatic nitrogens is 1. The first-order valence-electron chi connectivity index (χ1n) is 9.61. The summed E-state index contributed by atoms with van der Waals surface area (Å²) in [6, 6.07) is 4.51. The van der Waals surface area contributed by atoms with Gasteiger partial charge in [0.2, 0.25) is 5.91 Å². The molecule has 1 amide bonds. The normalized spacial score (nSPS) is 29.3. The van der Waals surface area contributed by atoms with Crippen LogP contribution in [0.2, 0.25) is 0 Å². The minimum absolute atomic E-state index is 0.0309. The topological polar surface area (TPSA) is 66.5 Å². The molecule has 0 bridgehead atoms. The number of pyridine rings is 1. The molecule has 6 heteroatoms. The van der Waals surface area contributed by atoms with Crippen LogP contribution in [0.25, 0.3) is 0 Å². The number of hydrogen-bond donors (Lipinski definition) is 2. The molecule has 136 valence electrons. The Balaban J connectivity index is 1.36. The van der Waals surface area contributed by atoms with E-state index in [2.05, 4.69) is 26.6 Å². The molecule has 0 radical (unpaired) electrons. The number of ether oxygens (including phenoxy) is 1. The fraction of sp³-hybridized carbons (Fsp3) is 0.684. The maximum absolute atomic E-state index is 12.6. The molecule has 1 saturated carbocycles. The second-order valence-corrected chi connectivity index (χ2v) is 7.41. The van der Waals surface area contributed by atoms with E-state index in [0.29, 0.717) is 18.5 Å². The second-order valence-electron chi connectivity index (χ2n) is 7.41. The van der Waals surface area contributed by atoms with Gasteiger partial charge in [0.15, 0.2) is 0 Å². The van der Waals surface area contributed by atoms with Crippen molar-refractivity contribution in [1.82, 2.24) is 15.6 Å². The predicted molar refractivity (Wildman–Crippen MR) is 96.4 cm³/mol. The third-order valence-corrected chi connectivity index (χ3v) is 5.81. The van der Waals surface area contributed by atoms with E-state index in [4.69, 9.17) is 4.74 Å².